The van der Waals surface area contributed by atoms with Crippen molar-refractivity contribution in [1.82, 2.24) is 15.5 Å². The van der Waals surface area contributed by atoms with Crippen LogP contribution < -0.4 is 15.8 Å². The van der Waals surface area contributed by atoms with Gasteiger partial charge in [-0.3, -0.25) is 5.10 Å². The Balaban J connectivity index is 1.60. The summed E-state index contributed by atoms with van der Waals surface area (Å²) in [6.45, 7) is 3.73. The van der Waals surface area contributed by atoms with E-state index in [1.165, 1.54) is 6.07 Å². The van der Waals surface area contributed by atoms with Crippen molar-refractivity contribution in [3.63, 3.8) is 0 Å². The summed E-state index contributed by atoms with van der Waals surface area (Å²) in [6.07, 6.45) is 1.73. The molecular formula is C18H24FN5O4S. The lowest BCUT2D eigenvalue weighted by atomic mass is 10.0. The minimum Gasteiger partial charge on any atom is -0.446 e. The summed E-state index contributed by atoms with van der Waals surface area (Å²) in [7, 11) is -4.12. The molecule has 2 atom stereocenters. The molecule has 11 heteroatoms. The number of rotatable bonds is 6. The van der Waals surface area contributed by atoms with Gasteiger partial charge in [-0.1, -0.05) is 0 Å². The number of aromatic amines is 1. The SMILES string of the molecule is CC(C)NC(=O)OC1CCC(c2cc(Nc3ccc(S(N)(=O)=O)c(F)c3)n[nH]2)C1. The van der Waals surface area contributed by atoms with E-state index in [2.05, 4.69) is 20.8 Å². The molecule has 1 aromatic heterocycles. The first-order chi connectivity index (χ1) is 13.6. The van der Waals surface area contributed by atoms with Crippen LogP contribution in [0.1, 0.15) is 44.7 Å². The predicted molar refractivity (Wildman–Crippen MR) is 105 cm³/mol. The number of carbonyl (C=O) groups is 1. The number of hydrogen-bond acceptors (Lipinski definition) is 6. The van der Waals surface area contributed by atoms with E-state index in [9.17, 15) is 17.6 Å². The van der Waals surface area contributed by atoms with E-state index >= 15 is 0 Å². The highest BCUT2D eigenvalue weighted by molar-refractivity contribution is 7.89. The molecule has 0 aliphatic heterocycles. The van der Waals surface area contributed by atoms with Crippen molar-refractivity contribution in [3.05, 3.63) is 35.8 Å². The van der Waals surface area contributed by atoms with Gasteiger partial charge in [0.1, 0.15) is 16.8 Å². The topological polar surface area (TPSA) is 139 Å². The zero-order chi connectivity index (χ0) is 21.2. The van der Waals surface area contributed by atoms with Gasteiger partial charge in [0.15, 0.2) is 5.82 Å². The Morgan fingerprint density at radius 2 is 2.10 bits per heavy atom. The van der Waals surface area contributed by atoms with Crippen LogP contribution in [-0.2, 0) is 14.8 Å². The molecule has 158 valence electrons. The van der Waals surface area contributed by atoms with Gasteiger partial charge in [-0.05, 0) is 51.3 Å². The van der Waals surface area contributed by atoms with Crippen LogP contribution in [0.15, 0.2) is 29.2 Å². The minimum atomic E-state index is -4.12. The number of aromatic nitrogens is 2. The van der Waals surface area contributed by atoms with Crippen molar-refractivity contribution in [3.8, 4) is 0 Å². The smallest absolute Gasteiger partial charge is 0.407 e. The summed E-state index contributed by atoms with van der Waals surface area (Å²) in [5, 5.41) is 17.7. The van der Waals surface area contributed by atoms with Crippen LogP contribution in [0.2, 0.25) is 0 Å². The number of nitrogens with zero attached hydrogens (tertiary/aromatic N) is 1. The number of halogens is 1. The molecule has 1 aliphatic rings. The van der Waals surface area contributed by atoms with E-state index in [0.29, 0.717) is 17.9 Å². The molecule has 2 unspecified atom stereocenters. The Morgan fingerprint density at radius 1 is 1.34 bits per heavy atom. The number of benzene rings is 1. The number of anilines is 2. The molecule has 0 radical (unpaired) electrons. The summed E-state index contributed by atoms with van der Waals surface area (Å²) in [4.78, 5) is 11.2. The van der Waals surface area contributed by atoms with Gasteiger partial charge in [0.05, 0.1) is 0 Å². The van der Waals surface area contributed by atoms with Crippen molar-refractivity contribution >= 4 is 27.6 Å². The average Bonchev–Trinajstić information content (AvgIpc) is 3.22. The summed E-state index contributed by atoms with van der Waals surface area (Å²) in [5.41, 5.74) is 1.22. The molecule has 0 saturated heterocycles. The highest BCUT2D eigenvalue weighted by atomic mass is 32.2. The van der Waals surface area contributed by atoms with E-state index in [1.807, 2.05) is 13.8 Å². The van der Waals surface area contributed by atoms with Gasteiger partial charge in [-0.15, -0.1) is 0 Å². The Kier molecular flexibility index (Phi) is 6.08. The fourth-order valence-corrected chi connectivity index (χ4v) is 3.91. The Bertz CT molecular complexity index is 992. The van der Waals surface area contributed by atoms with E-state index in [4.69, 9.17) is 9.88 Å². The Hall–Kier alpha value is -2.66. The maximum Gasteiger partial charge on any atom is 0.407 e. The van der Waals surface area contributed by atoms with Crippen LogP contribution in [-0.4, -0.2) is 36.9 Å². The lowest BCUT2D eigenvalue weighted by Crippen LogP contribution is -2.33. The molecule has 3 rings (SSSR count). The van der Waals surface area contributed by atoms with Crippen molar-refractivity contribution in [2.24, 2.45) is 5.14 Å². The molecule has 1 heterocycles. The predicted octanol–water partition coefficient (Wildman–Crippen LogP) is 2.71. The molecule has 1 saturated carbocycles. The van der Waals surface area contributed by atoms with Crippen LogP contribution in [0.4, 0.5) is 20.7 Å². The number of H-pyrrole nitrogens is 1. The van der Waals surface area contributed by atoms with E-state index in [0.717, 1.165) is 30.7 Å². The molecule has 2 aromatic rings. The first-order valence-corrected chi connectivity index (χ1v) is 10.8. The van der Waals surface area contributed by atoms with E-state index in [-0.39, 0.29) is 18.1 Å². The molecule has 1 amide bonds. The third-order valence-electron chi connectivity index (χ3n) is 4.61. The molecule has 0 spiro atoms. The van der Waals surface area contributed by atoms with Crippen molar-refractivity contribution in [2.45, 2.75) is 56.1 Å². The lowest BCUT2D eigenvalue weighted by molar-refractivity contribution is 0.0981. The quantitative estimate of drug-likeness (QED) is 0.561. The largest absolute Gasteiger partial charge is 0.446 e. The molecule has 0 bridgehead atoms. The zero-order valence-electron chi connectivity index (χ0n) is 16.1. The molecule has 29 heavy (non-hydrogen) atoms. The monoisotopic (exact) mass is 425 g/mol. The second-order valence-electron chi connectivity index (χ2n) is 7.36. The molecule has 5 N–H and O–H groups in total. The first-order valence-electron chi connectivity index (χ1n) is 9.23. The van der Waals surface area contributed by atoms with Gasteiger partial charge in [0.25, 0.3) is 0 Å². The maximum atomic E-state index is 14.0. The highest BCUT2D eigenvalue weighted by Crippen LogP contribution is 2.36. The average molecular weight is 425 g/mol. The van der Waals surface area contributed by atoms with Gasteiger partial charge in [-0.25, -0.2) is 22.7 Å². The number of nitrogens with one attached hydrogen (secondary N) is 3. The second-order valence-corrected chi connectivity index (χ2v) is 8.89. The first kappa shape index (κ1) is 21.1. The summed E-state index contributed by atoms with van der Waals surface area (Å²) in [6, 6.07) is 5.36. The molecule has 1 fully saturated rings. The van der Waals surface area contributed by atoms with E-state index < -0.39 is 26.8 Å². The van der Waals surface area contributed by atoms with Gasteiger partial charge in [-0.2, -0.15) is 5.10 Å². The van der Waals surface area contributed by atoms with Crippen LogP contribution in [0.25, 0.3) is 0 Å². The van der Waals surface area contributed by atoms with Crippen LogP contribution in [0, 0.1) is 5.82 Å². The maximum absolute atomic E-state index is 14.0. The number of amides is 1. The molecule has 1 aromatic carbocycles. The minimum absolute atomic E-state index is 0.0183. The number of sulfonamides is 1. The van der Waals surface area contributed by atoms with Crippen LogP contribution in [0.3, 0.4) is 0 Å². The van der Waals surface area contributed by atoms with Gasteiger partial charge in [0, 0.05) is 29.4 Å². The standard InChI is InChI=1S/C18H24FN5O4S/c1-10(2)21-18(25)28-13-5-3-11(7-13)15-9-17(24-23-15)22-12-4-6-16(14(19)8-12)29(20,26)27/h4,6,8-11,13H,3,5,7H2,1-2H3,(H,21,25)(H2,20,26,27)(H2,22,23,24). The number of ether oxygens (including phenoxy) is 1. The number of hydrogen-bond donors (Lipinski definition) is 4. The second kappa shape index (κ2) is 8.37. The van der Waals surface area contributed by atoms with Crippen molar-refractivity contribution in [1.29, 1.82) is 0 Å². The van der Waals surface area contributed by atoms with Gasteiger partial charge in [0.2, 0.25) is 10.0 Å². The highest BCUT2D eigenvalue weighted by Gasteiger charge is 2.30. The van der Waals surface area contributed by atoms with Gasteiger partial charge < -0.3 is 15.4 Å². The summed E-state index contributed by atoms with van der Waals surface area (Å²) in [5.74, 6) is -0.315. The fourth-order valence-electron chi connectivity index (χ4n) is 3.32. The number of alkyl carbamates (subject to hydrolysis) is 1. The molecule has 9 nitrogen and oxygen atoms in total. The van der Waals surface area contributed by atoms with Crippen LogP contribution >= 0.6 is 0 Å². The van der Waals surface area contributed by atoms with Gasteiger partial charge >= 0.3 is 6.09 Å². The Labute approximate surface area is 168 Å². The number of carbonyl (C=O) groups excluding carboxylic acids is 1. The third-order valence-corrected chi connectivity index (χ3v) is 5.56. The van der Waals surface area contributed by atoms with E-state index in [1.54, 1.807) is 6.07 Å². The van der Waals surface area contributed by atoms with Crippen molar-refractivity contribution in [2.75, 3.05) is 5.32 Å². The zero-order valence-corrected chi connectivity index (χ0v) is 16.9. The fraction of sp³-hybridized carbons (Fsp3) is 0.444. The summed E-state index contributed by atoms with van der Waals surface area (Å²) >= 11 is 0. The normalized spacial score (nSPS) is 19.3. The lowest BCUT2D eigenvalue weighted by Gasteiger charge is -2.14. The molecular weight excluding hydrogens is 401 g/mol. The Morgan fingerprint density at radius 3 is 2.76 bits per heavy atom. The number of nitrogens with two attached hydrogens (primary N) is 1. The third kappa shape index (κ3) is 5.45. The molecule has 1 aliphatic carbocycles. The summed E-state index contributed by atoms with van der Waals surface area (Å²) < 4.78 is 41.9. The van der Waals surface area contributed by atoms with Crippen molar-refractivity contribution < 1.29 is 22.3 Å². The number of primary sulfonamides is 1. The van der Waals surface area contributed by atoms with Crippen LogP contribution in [0.5, 0.6) is 0 Å².